The number of ketones is 6. The van der Waals surface area contributed by atoms with E-state index in [-0.39, 0.29) is 79.8 Å². The van der Waals surface area contributed by atoms with E-state index in [0.29, 0.717) is 33.4 Å². The van der Waals surface area contributed by atoms with Gasteiger partial charge >= 0.3 is 25.8 Å². The van der Waals surface area contributed by atoms with Gasteiger partial charge in [0.05, 0.1) is 19.3 Å². The van der Waals surface area contributed by atoms with E-state index in [1.807, 2.05) is 36.4 Å². The summed E-state index contributed by atoms with van der Waals surface area (Å²) in [4.78, 5) is 70.8. The summed E-state index contributed by atoms with van der Waals surface area (Å²) in [6.45, 7) is 0. The Hall–Kier alpha value is -5.79. The van der Waals surface area contributed by atoms with Gasteiger partial charge in [-0.25, -0.2) is 0 Å². The Kier molecular flexibility index (Phi) is 17.3. The van der Waals surface area contributed by atoms with E-state index in [9.17, 15) is 28.8 Å². The largest absolute Gasteiger partial charge is 3.00 e. The van der Waals surface area contributed by atoms with Gasteiger partial charge in [-0.05, 0) is 0 Å². The minimum absolute atomic E-state index is 0. The number of carbonyl (C=O) groups excluding carboxylic acids is 6. The molecular weight excluding hydrogens is 751 g/mol. The molecule has 0 aliphatic heterocycles. The van der Waals surface area contributed by atoms with E-state index >= 15 is 0 Å². The van der Waals surface area contributed by atoms with Gasteiger partial charge < -0.3 is 0 Å². The van der Waals surface area contributed by atoms with Crippen LogP contribution in [0.25, 0.3) is 0 Å². The first-order chi connectivity index (χ1) is 24.8. The van der Waals surface area contributed by atoms with Gasteiger partial charge in [-0.1, -0.05) is 182 Å². The van der Waals surface area contributed by atoms with Gasteiger partial charge in [-0.15, -0.1) is 0 Å². The first-order valence-corrected chi connectivity index (χ1v) is 16.3. The second-order valence-electron chi connectivity index (χ2n) is 11.3. The molecule has 0 heterocycles. The minimum atomic E-state index is -0.139. The number of hydrogen-bond acceptors (Lipinski definition) is 6. The SMILES string of the molecule is O=C(CC(=O)c1ccccc1)c1ccccc1.O=C(CC(=O)c1ccccc1)c1ccccc1.O=C(CC(=O)c1ccccc1)c1ccccc1.[In+3]. The molecule has 0 aliphatic rings. The maximum atomic E-state index is 11.8. The summed E-state index contributed by atoms with van der Waals surface area (Å²) in [6, 6.07) is 53.2. The van der Waals surface area contributed by atoms with Gasteiger partial charge in [-0.3, -0.25) is 28.8 Å². The van der Waals surface area contributed by atoms with Crippen molar-refractivity contribution in [1.82, 2.24) is 0 Å². The number of rotatable bonds is 12. The van der Waals surface area contributed by atoms with Crippen molar-refractivity contribution in [1.29, 1.82) is 0 Å². The van der Waals surface area contributed by atoms with Crippen LogP contribution in [0.3, 0.4) is 0 Å². The van der Waals surface area contributed by atoms with Crippen molar-refractivity contribution in [3.63, 3.8) is 0 Å². The first kappa shape index (κ1) is 40.6. The fourth-order valence-electron chi connectivity index (χ4n) is 4.79. The third kappa shape index (κ3) is 13.5. The third-order valence-corrected chi connectivity index (χ3v) is 7.54. The molecule has 0 saturated heterocycles. The van der Waals surface area contributed by atoms with E-state index in [4.69, 9.17) is 0 Å². The molecular formula is C45H36InO6+3. The van der Waals surface area contributed by atoms with Gasteiger partial charge in [0, 0.05) is 33.4 Å². The molecule has 0 bridgehead atoms. The summed E-state index contributed by atoms with van der Waals surface area (Å²) < 4.78 is 0. The fraction of sp³-hybridized carbons (Fsp3) is 0.0667. The topological polar surface area (TPSA) is 102 Å². The Bertz CT molecular complexity index is 1640. The summed E-state index contributed by atoms with van der Waals surface area (Å²) in [7, 11) is 0. The van der Waals surface area contributed by atoms with E-state index < -0.39 is 0 Å². The van der Waals surface area contributed by atoms with Crippen LogP contribution in [0, 0.1) is 0 Å². The molecule has 0 amide bonds. The van der Waals surface area contributed by atoms with Crippen molar-refractivity contribution < 1.29 is 28.8 Å². The van der Waals surface area contributed by atoms with Crippen molar-refractivity contribution in [2.24, 2.45) is 0 Å². The zero-order valence-electron chi connectivity index (χ0n) is 28.5. The summed E-state index contributed by atoms with van der Waals surface area (Å²) in [5, 5.41) is 0. The van der Waals surface area contributed by atoms with Crippen LogP contribution in [0.2, 0.25) is 0 Å². The molecule has 6 aromatic carbocycles. The normalized spacial score (nSPS) is 9.69. The molecule has 0 unspecified atom stereocenters. The van der Waals surface area contributed by atoms with Crippen LogP contribution in [0.15, 0.2) is 182 Å². The standard InChI is InChI=1S/3C15H12O2.In/c3*16-14(12-7-3-1-4-8-12)11-15(17)13-9-5-2-6-10-13;/h3*1-10H,11H2;/q;;;+3. The molecule has 7 heteroatoms. The Morgan fingerprint density at radius 2 is 0.346 bits per heavy atom. The quantitative estimate of drug-likeness (QED) is 0.0907. The number of carbonyl (C=O) groups is 6. The molecule has 252 valence electrons. The second-order valence-corrected chi connectivity index (χ2v) is 11.3. The maximum absolute atomic E-state index is 11.8. The van der Waals surface area contributed by atoms with Crippen LogP contribution in [0.4, 0.5) is 0 Å². The Morgan fingerprint density at radius 1 is 0.231 bits per heavy atom. The van der Waals surface area contributed by atoms with Crippen molar-refractivity contribution in [2.45, 2.75) is 19.3 Å². The molecule has 0 radical (unpaired) electrons. The zero-order valence-corrected chi connectivity index (χ0v) is 31.8. The Labute approximate surface area is 322 Å². The molecule has 0 saturated carbocycles. The molecule has 0 aliphatic carbocycles. The van der Waals surface area contributed by atoms with Crippen molar-refractivity contribution in [2.75, 3.05) is 0 Å². The average molecular weight is 788 g/mol. The van der Waals surface area contributed by atoms with Crippen molar-refractivity contribution in [3.8, 4) is 0 Å². The number of hydrogen-bond donors (Lipinski definition) is 0. The van der Waals surface area contributed by atoms with Crippen LogP contribution in [-0.4, -0.2) is 60.5 Å². The second kappa shape index (κ2) is 22.1. The first-order valence-electron chi connectivity index (χ1n) is 16.3. The maximum Gasteiger partial charge on any atom is 3.00 e. The summed E-state index contributed by atoms with van der Waals surface area (Å²) >= 11 is 0. The van der Waals surface area contributed by atoms with Gasteiger partial charge in [0.1, 0.15) is 0 Å². The predicted octanol–water partition coefficient (Wildman–Crippen LogP) is 9.05. The van der Waals surface area contributed by atoms with Crippen LogP contribution >= 0.6 is 0 Å². The van der Waals surface area contributed by atoms with E-state index in [1.165, 1.54) is 0 Å². The van der Waals surface area contributed by atoms with E-state index in [2.05, 4.69) is 0 Å². The monoisotopic (exact) mass is 787 g/mol. The fourth-order valence-corrected chi connectivity index (χ4v) is 4.79. The van der Waals surface area contributed by atoms with Crippen LogP contribution in [-0.2, 0) is 0 Å². The van der Waals surface area contributed by atoms with E-state index in [0.717, 1.165) is 0 Å². The summed E-state index contributed by atoms with van der Waals surface area (Å²) in [5.41, 5.74) is 3.48. The van der Waals surface area contributed by atoms with Gasteiger partial charge in [0.25, 0.3) is 0 Å². The molecule has 6 aromatic rings. The molecule has 52 heavy (non-hydrogen) atoms. The van der Waals surface area contributed by atoms with Gasteiger partial charge in [-0.2, -0.15) is 0 Å². The predicted molar refractivity (Wildman–Crippen MR) is 204 cm³/mol. The summed E-state index contributed by atoms with van der Waals surface area (Å²) in [5.74, 6) is -0.836. The molecule has 0 N–H and O–H groups in total. The molecule has 0 aromatic heterocycles. The Balaban J connectivity index is 0.000000208. The van der Waals surface area contributed by atoms with Crippen LogP contribution in [0.1, 0.15) is 81.4 Å². The molecule has 0 atom stereocenters. The van der Waals surface area contributed by atoms with Crippen molar-refractivity contribution in [3.05, 3.63) is 215 Å². The molecule has 6 rings (SSSR count). The van der Waals surface area contributed by atoms with Crippen LogP contribution in [0.5, 0.6) is 0 Å². The van der Waals surface area contributed by atoms with Gasteiger partial charge in [0.2, 0.25) is 0 Å². The minimum Gasteiger partial charge on any atom is -0.294 e. The summed E-state index contributed by atoms with van der Waals surface area (Å²) in [6.07, 6.45) is -0.226. The van der Waals surface area contributed by atoms with E-state index in [1.54, 1.807) is 146 Å². The van der Waals surface area contributed by atoms with Crippen molar-refractivity contribution >= 4 is 60.5 Å². The van der Waals surface area contributed by atoms with Gasteiger partial charge in [0.15, 0.2) is 34.7 Å². The van der Waals surface area contributed by atoms with Crippen LogP contribution < -0.4 is 0 Å². The molecule has 0 fully saturated rings. The number of benzene rings is 6. The zero-order chi connectivity index (χ0) is 36.3. The molecule has 6 nitrogen and oxygen atoms in total. The average Bonchev–Trinajstić information content (AvgIpc) is 3.20. The Morgan fingerprint density at radius 3 is 0.462 bits per heavy atom. The molecule has 0 spiro atoms. The smallest absolute Gasteiger partial charge is 0.294 e. The third-order valence-electron chi connectivity index (χ3n) is 7.54. The number of Topliss-reactive ketones (excluding diaryl/α,β-unsaturated/α-hetero) is 6.